The minimum Gasteiger partial charge on any atom is -0.396 e. The van der Waals surface area contributed by atoms with Crippen molar-refractivity contribution < 1.29 is 14.3 Å². The van der Waals surface area contributed by atoms with Crippen LogP contribution in [0.5, 0.6) is 0 Å². The SMILES string of the molecule is NC(=O)c1ccc(-n2c3ccccc3c3c(-c4nc5cc(F)ccc5[nH]4)cccc32)cc1N[C@H]1CCCC[C@@H]1CO. The Morgan fingerprint density at radius 3 is 2.71 bits per heavy atom. The molecule has 2 heterocycles. The van der Waals surface area contributed by atoms with Crippen LogP contribution in [-0.2, 0) is 0 Å². The van der Waals surface area contributed by atoms with Gasteiger partial charge in [0.2, 0.25) is 0 Å². The summed E-state index contributed by atoms with van der Waals surface area (Å²) >= 11 is 0. The number of hydrogen-bond acceptors (Lipinski definition) is 4. The molecule has 2 aromatic heterocycles. The van der Waals surface area contributed by atoms with Crippen molar-refractivity contribution in [3.05, 3.63) is 90.2 Å². The summed E-state index contributed by atoms with van der Waals surface area (Å²) < 4.78 is 16.1. The highest BCUT2D eigenvalue weighted by Crippen LogP contribution is 2.39. The number of amides is 1. The highest BCUT2D eigenvalue weighted by Gasteiger charge is 2.26. The Hall–Kier alpha value is -4.69. The number of nitrogens with two attached hydrogens (primary N) is 1. The van der Waals surface area contributed by atoms with Crippen molar-refractivity contribution in [1.82, 2.24) is 14.5 Å². The normalized spacial score (nSPS) is 17.4. The number of aromatic amines is 1. The molecule has 1 aliphatic rings. The first-order valence-corrected chi connectivity index (χ1v) is 14.0. The van der Waals surface area contributed by atoms with Gasteiger partial charge in [0.05, 0.1) is 27.6 Å². The number of fused-ring (bicyclic) bond motifs is 4. The summed E-state index contributed by atoms with van der Waals surface area (Å²) in [7, 11) is 0. The number of rotatable bonds is 6. The van der Waals surface area contributed by atoms with E-state index in [0.717, 1.165) is 64.3 Å². The van der Waals surface area contributed by atoms with E-state index in [4.69, 9.17) is 10.7 Å². The standard InChI is InChI=1S/C33H30FN5O2/c34-20-12-15-26-28(16-20)38-33(37-26)24-8-5-11-30-31(24)23-7-2-4-10-29(23)39(30)21-13-14-22(32(35)41)27(17-21)36-25-9-3-1-6-19(25)18-40/h2,4-5,7-8,10-17,19,25,36,40H,1,3,6,9,18H2,(H2,35,41)(H,37,38)/t19-,25+/m1/s1. The van der Waals surface area contributed by atoms with E-state index in [9.17, 15) is 14.3 Å². The van der Waals surface area contributed by atoms with Gasteiger partial charge in [0.1, 0.15) is 11.6 Å². The monoisotopic (exact) mass is 547 g/mol. The number of carbonyl (C=O) groups is 1. The summed E-state index contributed by atoms with van der Waals surface area (Å²) in [6.45, 7) is 0.105. The molecule has 0 saturated heterocycles. The summed E-state index contributed by atoms with van der Waals surface area (Å²) in [6, 6.07) is 24.5. The first kappa shape index (κ1) is 25.3. The number of H-pyrrole nitrogens is 1. The van der Waals surface area contributed by atoms with Crippen molar-refractivity contribution in [3.8, 4) is 17.1 Å². The number of anilines is 1. The molecular weight excluding hydrogens is 517 g/mol. The molecule has 5 N–H and O–H groups in total. The summed E-state index contributed by atoms with van der Waals surface area (Å²) in [5.74, 6) is -0.0342. The topological polar surface area (TPSA) is 109 Å². The van der Waals surface area contributed by atoms with Gasteiger partial charge < -0.3 is 25.7 Å². The molecule has 0 unspecified atom stereocenters. The molecular formula is C33H30FN5O2. The van der Waals surface area contributed by atoms with E-state index in [1.54, 1.807) is 12.1 Å². The number of halogens is 1. The van der Waals surface area contributed by atoms with E-state index in [1.807, 2.05) is 36.4 Å². The summed E-state index contributed by atoms with van der Waals surface area (Å²) in [6.07, 6.45) is 4.04. The van der Waals surface area contributed by atoms with E-state index in [1.165, 1.54) is 12.1 Å². The van der Waals surface area contributed by atoms with Crippen LogP contribution in [0, 0.1) is 11.7 Å². The van der Waals surface area contributed by atoms with Gasteiger partial charge in [0.15, 0.2) is 0 Å². The first-order chi connectivity index (χ1) is 20.0. The Kier molecular flexibility index (Phi) is 6.20. The maximum atomic E-state index is 13.9. The van der Waals surface area contributed by atoms with Crippen molar-refractivity contribution in [1.29, 1.82) is 0 Å². The van der Waals surface area contributed by atoms with E-state index >= 15 is 0 Å². The summed E-state index contributed by atoms with van der Waals surface area (Å²) in [5.41, 5.74) is 12.0. The molecule has 4 aromatic carbocycles. The number of hydrogen-bond donors (Lipinski definition) is 4. The lowest BCUT2D eigenvalue weighted by Gasteiger charge is -2.32. The third kappa shape index (κ3) is 4.31. The highest BCUT2D eigenvalue weighted by atomic mass is 19.1. The lowest BCUT2D eigenvalue weighted by Crippen LogP contribution is -2.35. The van der Waals surface area contributed by atoms with Crippen LogP contribution in [0.3, 0.4) is 0 Å². The highest BCUT2D eigenvalue weighted by molar-refractivity contribution is 6.15. The second-order valence-corrected chi connectivity index (χ2v) is 10.9. The number of nitrogens with zero attached hydrogens (tertiary/aromatic N) is 2. The maximum Gasteiger partial charge on any atom is 0.250 e. The van der Waals surface area contributed by atoms with Crippen LogP contribution in [0.2, 0.25) is 0 Å². The molecule has 7 rings (SSSR count). The number of aromatic nitrogens is 3. The molecule has 0 radical (unpaired) electrons. The molecule has 6 aromatic rings. The van der Waals surface area contributed by atoms with Crippen molar-refractivity contribution in [2.24, 2.45) is 11.7 Å². The van der Waals surface area contributed by atoms with Gasteiger partial charge in [0.25, 0.3) is 5.91 Å². The van der Waals surface area contributed by atoms with Crippen molar-refractivity contribution in [2.75, 3.05) is 11.9 Å². The van der Waals surface area contributed by atoms with Crippen LogP contribution >= 0.6 is 0 Å². The zero-order chi connectivity index (χ0) is 28.1. The van der Waals surface area contributed by atoms with Crippen LogP contribution in [-0.4, -0.2) is 38.2 Å². The number of para-hydroxylation sites is 1. The van der Waals surface area contributed by atoms with E-state index < -0.39 is 5.91 Å². The van der Waals surface area contributed by atoms with Crippen LogP contribution < -0.4 is 11.1 Å². The predicted molar refractivity (Wildman–Crippen MR) is 161 cm³/mol. The molecule has 2 atom stereocenters. The molecule has 1 saturated carbocycles. The Labute approximate surface area is 235 Å². The predicted octanol–water partition coefficient (Wildman–Crippen LogP) is 6.53. The molecule has 8 heteroatoms. The number of carbonyl (C=O) groups excluding carboxylic acids is 1. The second kappa shape index (κ2) is 10.1. The molecule has 0 aliphatic heterocycles. The van der Waals surface area contributed by atoms with Crippen molar-refractivity contribution in [2.45, 2.75) is 31.7 Å². The Balaban J connectivity index is 1.42. The molecule has 1 amide bonds. The quantitative estimate of drug-likeness (QED) is 0.190. The third-order valence-electron chi connectivity index (χ3n) is 8.41. The minimum absolute atomic E-state index is 0.0600. The van der Waals surface area contributed by atoms with E-state index in [2.05, 4.69) is 33.1 Å². The van der Waals surface area contributed by atoms with Crippen molar-refractivity contribution in [3.63, 3.8) is 0 Å². The van der Waals surface area contributed by atoms with Gasteiger partial charge >= 0.3 is 0 Å². The molecule has 1 fully saturated rings. The number of nitrogens with one attached hydrogen (secondary N) is 2. The van der Waals surface area contributed by atoms with Gasteiger partial charge in [-0.2, -0.15) is 0 Å². The van der Waals surface area contributed by atoms with E-state index in [-0.39, 0.29) is 24.4 Å². The number of primary amides is 1. The molecule has 206 valence electrons. The lowest BCUT2D eigenvalue weighted by molar-refractivity contribution is 0.100. The molecule has 7 nitrogen and oxygen atoms in total. The van der Waals surface area contributed by atoms with Crippen LogP contribution in [0.25, 0.3) is 49.9 Å². The van der Waals surface area contributed by atoms with Crippen molar-refractivity contribution >= 4 is 44.4 Å². The fourth-order valence-corrected chi connectivity index (χ4v) is 6.42. The van der Waals surface area contributed by atoms with Gasteiger partial charge in [-0.05, 0) is 55.3 Å². The van der Waals surface area contributed by atoms with Gasteiger partial charge in [0, 0.05) is 52.3 Å². The van der Waals surface area contributed by atoms with Gasteiger partial charge in [-0.15, -0.1) is 0 Å². The molecule has 0 spiro atoms. The fourth-order valence-electron chi connectivity index (χ4n) is 6.42. The van der Waals surface area contributed by atoms with Crippen LogP contribution in [0.4, 0.5) is 10.1 Å². The van der Waals surface area contributed by atoms with Gasteiger partial charge in [-0.25, -0.2) is 9.37 Å². The second-order valence-electron chi connectivity index (χ2n) is 10.9. The summed E-state index contributed by atoms with van der Waals surface area (Å²) in [4.78, 5) is 20.5. The summed E-state index contributed by atoms with van der Waals surface area (Å²) in [5, 5.41) is 15.6. The number of imidazole rings is 1. The smallest absolute Gasteiger partial charge is 0.250 e. The Morgan fingerprint density at radius 2 is 1.85 bits per heavy atom. The van der Waals surface area contributed by atoms with Crippen LogP contribution in [0.1, 0.15) is 36.0 Å². The minimum atomic E-state index is -0.499. The molecule has 1 aliphatic carbocycles. The zero-order valence-electron chi connectivity index (χ0n) is 22.4. The third-order valence-corrected chi connectivity index (χ3v) is 8.41. The fraction of sp³-hybridized carbons (Fsp3) is 0.212. The molecule has 0 bridgehead atoms. The Morgan fingerprint density at radius 1 is 1.02 bits per heavy atom. The van der Waals surface area contributed by atoms with Crippen LogP contribution in [0.15, 0.2) is 78.9 Å². The largest absolute Gasteiger partial charge is 0.396 e. The average Bonchev–Trinajstić information content (AvgIpc) is 3.56. The molecule has 41 heavy (non-hydrogen) atoms. The average molecular weight is 548 g/mol. The van der Waals surface area contributed by atoms with Gasteiger partial charge in [-0.1, -0.05) is 43.2 Å². The van der Waals surface area contributed by atoms with E-state index in [0.29, 0.717) is 22.6 Å². The number of aliphatic hydroxyl groups is 1. The maximum absolute atomic E-state index is 13.9. The first-order valence-electron chi connectivity index (χ1n) is 14.0. The Bertz CT molecular complexity index is 1940. The number of benzene rings is 4. The van der Waals surface area contributed by atoms with Gasteiger partial charge in [-0.3, -0.25) is 4.79 Å². The lowest BCUT2D eigenvalue weighted by atomic mass is 9.85. The number of aliphatic hydroxyl groups excluding tert-OH is 1. The zero-order valence-corrected chi connectivity index (χ0v) is 22.4.